The van der Waals surface area contributed by atoms with Crippen LogP contribution in [0, 0.1) is 0 Å². The molecule has 0 saturated carbocycles. The fraction of sp³-hybridized carbons (Fsp3) is 0.154. The van der Waals surface area contributed by atoms with Crippen LogP contribution in [0.4, 0.5) is 5.69 Å². The number of anilines is 1. The van der Waals surface area contributed by atoms with E-state index in [2.05, 4.69) is 5.32 Å². The summed E-state index contributed by atoms with van der Waals surface area (Å²) in [6, 6.07) is 7.46. The van der Waals surface area contributed by atoms with Crippen molar-refractivity contribution in [1.29, 1.82) is 0 Å². The molecule has 0 spiro atoms. The molecule has 1 amide bonds. The van der Waals surface area contributed by atoms with Crippen LogP contribution in [-0.4, -0.2) is 20.1 Å². The molecule has 4 nitrogen and oxygen atoms in total. The minimum absolute atomic E-state index is 0.0295. The minimum atomic E-state index is -3.25. The lowest BCUT2D eigenvalue weighted by Crippen LogP contribution is -2.11. The predicted molar refractivity (Wildman–Crippen MR) is 86.5 cm³/mol. The number of amides is 1. The lowest BCUT2D eigenvalue weighted by Gasteiger charge is -2.06. The van der Waals surface area contributed by atoms with Gasteiger partial charge in [0.05, 0.1) is 20.5 Å². The minimum Gasteiger partial charge on any atom is -0.322 e. The number of thiophene rings is 1. The second-order valence-corrected chi connectivity index (χ2v) is 8.68. The van der Waals surface area contributed by atoms with E-state index in [1.807, 2.05) is 0 Å². The normalized spacial score (nSPS) is 11.4. The fourth-order valence-electron chi connectivity index (χ4n) is 1.61. The second kappa shape index (κ2) is 6.36. The standard InChI is InChI=1S/C13H11Cl2NO3S2/c1-2-21(18,19)9-5-3-8(4-6-9)16-13(17)10-7-11(14)20-12(10)15/h3-7H,2H2,1H3,(H,16,17). The Hall–Kier alpha value is -1.08. The van der Waals surface area contributed by atoms with Gasteiger partial charge < -0.3 is 5.32 Å². The summed E-state index contributed by atoms with van der Waals surface area (Å²) >= 11 is 12.8. The van der Waals surface area contributed by atoms with Crippen LogP contribution in [0.3, 0.4) is 0 Å². The molecule has 8 heteroatoms. The molecular formula is C13H11Cl2NO3S2. The molecule has 0 radical (unpaired) electrons. The Morgan fingerprint density at radius 2 is 1.86 bits per heavy atom. The smallest absolute Gasteiger partial charge is 0.258 e. The maximum atomic E-state index is 12.0. The Morgan fingerprint density at radius 3 is 2.33 bits per heavy atom. The van der Waals surface area contributed by atoms with Gasteiger partial charge in [-0.1, -0.05) is 30.1 Å². The highest BCUT2D eigenvalue weighted by atomic mass is 35.5. The van der Waals surface area contributed by atoms with Crippen molar-refractivity contribution in [3.63, 3.8) is 0 Å². The molecule has 0 aliphatic rings. The number of hydrogen-bond donors (Lipinski definition) is 1. The van der Waals surface area contributed by atoms with E-state index in [0.29, 0.717) is 14.4 Å². The van der Waals surface area contributed by atoms with Crippen molar-refractivity contribution in [2.24, 2.45) is 0 Å². The van der Waals surface area contributed by atoms with Crippen LogP contribution in [0.5, 0.6) is 0 Å². The monoisotopic (exact) mass is 363 g/mol. The first-order valence-corrected chi connectivity index (χ1v) is 9.15. The summed E-state index contributed by atoms with van der Waals surface area (Å²) in [7, 11) is -3.25. The average Bonchev–Trinajstić information content (AvgIpc) is 2.78. The van der Waals surface area contributed by atoms with Crippen LogP contribution in [0.25, 0.3) is 0 Å². The van der Waals surface area contributed by atoms with Crippen molar-refractivity contribution in [3.8, 4) is 0 Å². The van der Waals surface area contributed by atoms with Crippen molar-refractivity contribution in [1.82, 2.24) is 0 Å². The molecule has 0 fully saturated rings. The summed E-state index contributed by atoms with van der Waals surface area (Å²) in [5, 5.41) is 2.64. The van der Waals surface area contributed by atoms with Crippen LogP contribution in [-0.2, 0) is 9.84 Å². The molecule has 0 saturated heterocycles. The predicted octanol–water partition coefficient (Wildman–Crippen LogP) is 4.10. The van der Waals surface area contributed by atoms with E-state index < -0.39 is 15.7 Å². The number of carbonyl (C=O) groups excluding carboxylic acids is 1. The zero-order chi connectivity index (χ0) is 15.6. The van der Waals surface area contributed by atoms with Gasteiger partial charge in [0.2, 0.25) is 0 Å². The van der Waals surface area contributed by atoms with Crippen molar-refractivity contribution >= 4 is 56.0 Å². The van der Waals surface area contributed by atoms with E-state index >= 15 is 0 Å². The first-order chi connectivity index (χ1) is 9.83. The van der Waals surface area contributed by atoms with Gasteiger partial charge in [0.25, 0.3) is 5.91 Å². The quantitative estimate of drug-likeness (QED) is 0.888. The van der Waals surface area contributed by atoms with Gasteiger partial charge in [0.1, 0.15) is 4.34 Å². The Bertz CT molecular complexity index is 767. The molecule has 0 atom stereocenters. The molecule has 21 heavy (non-hydrogen) atoms. The maximum Gasteiger partial charge on any atom is 0.258 e. The summed E-state index contributed by atoms with van der Waals surface area (Å²) in [6.07, 6.45) is 0. The highest BCUT2D eigenvalue weighted by molar-refractivity contribution is 7.91. The SMILES string of the molecule is CCS(=O)(=O)c1ccc(NC(=O)c2cc(Cl)sc2Cl)cc1. The Kier molecular flexibility index (Phi) is 4.93. The summed E-state index contributed by atoms with van der Waals surface area (Å²) in [5.74, 6) is -0.365. The van der Waals surface area contributed by atoms with Crippen LogP contribution in [0.1, 0.15) is 17.3 Å². The van der Waals surface area contributed by atoms with Crippen LogP contribution < -0.4 is 5.32 Å². The lowest BCUT2D eigenvalue weighted by molar-refractivity contribution is 0.102. The van der Waals surface area contributed by atoms with E-state index in [9.17, 15) is 13.2 Å². The van der Waals surface area contributed by atoms with Crippen molar-refractivity contribution < 1.29 is 13.2 Å². The molecule has 0 aliphatic carbocycles. The average molecular weight is 364 g/mol. The van der Waals surface area contributed by atoms with Gasteiger partial charge in [-0.05, 0) is 30.3 Å². The number of nitrogens with one attached hydrogen (secondary N) is 1. The topological polar surface area (TPSA) is 63.2 Å². The van der Waals surface area contributed by atoms with Gasteiger partial charge in [-0.3, -0.25) is 4.79 Å². The largest absolute Gasteiger partial charge is 0.322 e. The third kappa shape index (κ3) is 3.77. The van der Waals surface area contributed by atoms with Gasteiger partial charge in [0.15, 0.2) is 9.84 Å². The number of sulfone groups is 1. The first-order valence-electron chi connectivity index (χ1n) is 5.92. The third-order valence-electron chi connectivity index (χ3n) is 2.75. The molecule has 1 heterocycles. The molecule has 1 aromatic heterocycles. The number of halogens is 2. The van der Waals surface area contributed by atoms with Crippen molar-refractivity contribution in [2.45, 2.75) is 11.8 Å². The molecule has 0 bridgehead atoms. The van der Waals surface area contributed by atoms with E-state index in [1.54, 1.807) is 6.92 Å². The van der Waals surface area contributed by atoms with Crippen LogP contribution in [0.15, 0.2) is 35.2 Å². The van der Waals surface area contributed by atoms with Gasteiger partial charge in [-0.25, -0.2) is 8.42 Å². The maximum absolute atomic E-state index is 12.0. The molecule has 2 aromatic rings. The lowest BCUT2D eigenvalue weighted by atomic mass is 10.3. The Labute approximate surface area is 136 Å². The zero-order valence-corrected chi connectivity index (χ0v) is 14.0. The number of benzene rings is 1. The van der Waals surface area contributed by atoms with E-state index in [0.717, 1.165) is 11.3 Å². The van der Waals surface area contributed by atoms with Crippen LogP contribution in [0.2, 0.25) is 8.67 Å². The van der Waals surface area contributed by atoms with E-state index in [4.69, 9.17) is 23.2 Å². The molecule has 1 aromatic carbocycles. The van der Waals surface area contributed by atoms with Crippen molar-refractivity contribution in [2.75, 3.05) is 11.1 Å². The van der Waals surface area contributed by atoms with Gasteiger partial charge >= 0.3 is 0 Å². The van der Waals surface area contributed by atoms with Crippen LogP contribution >= 0.6 is 34.5 Å². The molecule has 0 unspecified atom stereocenters. The number of carbonyl (C=O) groups is 1. The highest BCUT2D eigenvalue weighted by Crippen LogP contribution is 2.31. The number of hydrogen-bond acceptors (Lipinski definition) is 4. The highest BCUT2D eigenvalue weighted by Gasteiger charge is 2.15. The summed E-state index contributed by atoms with van der Waals surface area (Å²) in [4.78, 5) is 12.2. The first kappa shape index (κ1) is 16.3. The zero-order valence-electron chi connectivity index (χ0n) is 10.9. The molecule has 0 aliphatic heterocycles. The van der Waals surface area contributed by atoms with Gasteiger partial charge in [-0.2, -0.15) is 0 Å². The Balaban J connectivity index is 2.18. The van der Waals surface area contributed by atoms with Gasteiger partial charge in [-0.15, -0.1) is 11.3 Å². The fourth-order valence-corrected chi connectivity index (χ4v) is 3.95. The summed E-state index contributed by atoms with van der Waals surface area (Å²) in [5.41, 5.74) is 0.769. The molecule has 112 valence electrons. The third-order valence-corrected chi connectivity index (χ3v) is 5.99. The number of rotatable bonds is 4. The second-order valence-electron chi connectivity index (χ2n) is 4.12. The molecule has 1 N–H and O–H groups in total. The van der Waals surface area contributed by atoms with E-state index in [1.165, 1.54) is 30.3 Å². The van der Waals surface area contributed by atoms with Gasteiger partial charge in [0, 0.05) is 5.69 Å². The summed E-state index contributed by atoms with van der Waals surface area (Å²) < 4.78 is 24.1. The molecule has 2 rings (SSSR count). The Morgan fingerprint density at radius 1 is 1.24 bits per heavy atom. The van der Waals surface area contributed by atoms with E-state index in [-0.39, 0.29) is 16.2 Å². The summed E-state index contributed by atoms with van der Waals surface area (Å²) in [6.45, 7) is 1.58. The molecular weight excluding hydrogens is 353 g/mol. The van der Waals surface area contributed by atoms with Crippen molar-refractivity contribution in [3.05, 3.63) is 44.6 Å².